The molecule has 1 saturated heterocycles. The van der Waals surface area contributed by atoms with Crippen LogP contribution in [0, 0.1) is 5.92 Å². The van der Waals surface area contributed by atoms with Crippen LogP contribution in [0.4, 0.5) is 0 Å². The molecule has 1 heterocycles. The molecule has 0 aromatic rings. The quantitative estimate of drug-likeness (QED) is 0.512. The van der Waals surface area contributed by atoms with E-state index in [9.17, 15) is 4.79 Å². The van der Waals surface area contributed by atoms with Gasteiger partial charge in [-0.15, -0.1) is 0 Å². The van der Waals surface area contributed by atoms with Gasteiger partial charge in [0.1, 0.15) is 0 Å². The molecule has 0 aromatic carbocycles. The van der Waals surface area contributed by atoms with Crippen LogP contribution in [0.15, 0.2) is 12.2 Å². The van der Waals surface area contributed by atoms with Crippen LogP contribution in [0.3, 0.4) is 0 Å². The lowest BCUT2D eigenvalue weighted by Gasteiger charge is -2.35. The molecule has 84 valence electrons. The van der Waals surface area contributed by atoms with Crippen LogP contribution >= 0.6 is 0 Å². The Morgan fingerprint density at radius 2 is 2.00 bits per heavy atom. The minimum absolute atomic E-state index is 0.845. The van der Waals surface area contributed by atoms with Gasteiger partial charge in [-0.3, -0.25) is 9.69 Å². The maximum absolute atomic E-state index is 10.6. The third-order valence-electron chi connectivity index (χ3n) is 3.45. The van der Waals surface area contributed by atoms with Gasteiger partial charge in [0, 0.05) is 32.7 Å². The first-order valence-corrected chi connectivity index (χ1v) is 5.95. The van der Waals surface area contributed by atoms with Gasteiger partial charge < -0.3 is 4.90 Å². The first kappa shape index (κ1) is 10.7. The zero-order chi connectivity index (χ0) is 10.5. The van der Waals surface area contributed by atoms with Crippen LogP contribution in [0.1, 0.15) is 19.3 Å². The van der Waals surface area contributed by atoms with Crippen LogP contribution in [0.2, 0.25) is 0 Å². The minimum atomic E-state index is 0.845. The van der Waals surface area contributed by atoms with E-state index in [1.165, 1.54) is 25.8 Å². The molecule has 0 aromatic heterocycles. The highest BCUT2D eigenvalue weighted by atomic mass is 16.1. The Hall–Kier alpha value is -0.830. The Balaban J connectivity index is 1.71. The van der Waals surface area contributed by atoms with Crippen molar-refractivity contribution in [1.29, 1.82) is 0 Å². The summed E-state index contributed by atoms with van der Waals surface area (Å²) in [5, 5.41) is 0. The van der Waals surface area contributed by atoms with E-state index < -0.39 is 0 Å². The van der Waals surface area contributed by atoms with E-state index in [0.717, 1.165) is 38.5 Å². The van der Waals surface area contributed by atoms with Gasteiger partial charge in [-0.05, 0) is 25.2 Å². The summed E-state index contributed by atoms with van der Waals surface area (Å²) in [6, 6.07) is 0. The van der Waals surface area contributed by atoms with Crippen molar-refractivity contribution in [3.05, 3.63) is 12.2 Å². The summed E-state index contributed by atoms with van der Waals surface area (Å²) in [6.07, 6.45) is 9.41. The number of carbonyl (C=O) groups excluding carboxylic acids is 1. The molecule has 0 radical (unpaired) electrons. The van der Waals surface area contributed by atoms with Crippen molar-refractivity contribution in [3.63, 3.8) is 0 Å². The van der Waals surface area contributed by atoms with Gasteiger partial charge in [0.05, 0.1) is 0 Å². The van der Waals surface area contributed by atoms with E-state index in [0.29, 0.717) is 0 Å². The van der Waals surface area contributed by atoms with Gasteiger partial charge in [0.25, 0.3) is 0 Å². The van der Waals surface area contributed by atoms with E-state index in [1.807, 2.05) is 4.90 Å². The summed E-state index contributed by atoms with van der Waals surface area (Å²) in [6.45, 7) is 5.15. The molecule has 1 fully saturated rings. The first-order valence-electron chi connectivity index (χ1n) is 5.95. The second-order valence-electron chi connectivity index (χ2n) is 4.59. The SMILES string of the molecule is O=CN1CCN(C[C@H]2CC=CCC2)CC1. The topological polar surface area (TPSA) is 23.6 Å². The van der Waals surface area contributed by atoms with Crippen molar-refractivity contribution >= 4 is 6.41 Å². The molecule has 0 spiro atoms. The van der Waals surface area contributed by atoms with Gasteiger partial charge >= 0.3 is 0 Å². The summed E-state index contributed by atoms with van der Waals surface area (Å²) in [5.74, 6) is 0.845. The number of allylic oxidation sites excluding steroid dienone is 2. The van der Waals surface area contributed by atoms with Crippen molar-refractivity contribution < 1.29 is 4.79 Å². The number of piperazine rings is 1. The lowest BCUT2D eigenvalue weighted by Crippen LogP contribution is -2.47. The molecular weight excluding hydrogens is 188 g/mol. The van der Waals surface area contributed by atoms with Crippen LogP contribution in [0.5, 0.6) is 0 Å². The van der Waals surface area contributed by atoms with Crippen LogP contribution in [-0.4, -0.2) is 48.9 Å². The van der Waals surface area contributed by atoms with Crippen molar-refractivity contribution in [3.8, 4) is 0 Å². The number of hydrogen-bond acceptors (Lipinski definition) is 2. The highest BCUT2D eigenvalue weighted by Gasteiger charge is 2.19. The molecule has 3 heteroatoms. The Bertz CT molecular complexity index is 232. The first-order chi connectivity index (χ1) is 7.38. The minimum Gasteiger partial charge on any atom is -0.343 e. The Labute approximate surface area is 91.7 Å². The van der Waals surface area contributed by atoms with Gasteiger partial charge in [0.15, 0.2) is 0 Å². The van der Waals surface area contributed by atoms with E-state index in [1.54, 1.807) is 0 Å². The maximum atomic E-state index is 10.6. The molecule has 1 amide bonds. The largest absolute Gasteiger partial charge is 0.343 e. The molecular formula is C12H20N2O. The highest BCUT2D eigenvalue weighted by molar-refractivity contribution is 5.47. The fraction of sp³-hybridized carbons (Fsp3) is 0.750. The fourth-order valence-electron chi connectivity index (χ4n) is 2.44. The standard InChI is InChI=1S/C12H20N2O/c15-11-14-8-6-13(7-9-14)10-12-4-2-1-3-5-12/h1-2,11-12H,3-10H2/t12-/m0/s1. The monoisotopic (exact) mass is 208 g/mol. The third kappa shape index (κ3) is 3.06. The van der Waals surface area contributed by atoms with Crippen LogP contribution < -0.4 is 0 Å². The second-order valence-corrected chi connectivity index (χ2v) is 4.59. The number of carbonyl (C=O) groups is 1. The molecule has 2 aliphatic rings. The summed E-state index contributed by atoms with van der Waals surface area (Å²) in [7, 11) is 0. The zero-order valence-electron chi connectivity index (χ0n) is 9.27. The van der Waals surface area contributed by atoms with E-state index in [2.05, 4.69) is 17.1 Å². The second kappa shape index (κ2) is 5.31. The van der Waals surface area contributed by atoms with Crippen molar-refractivity contribution in [2.24, 2.45) is 5.92 Å². The average molecular weight is 208 g/mol. The Morgan fingerprint density at radius 3 is 2.60 bits per heavy atom. The number of nitrogens with zero attached hydrogens (tertiary/aromatic N) is 2. The highest BCUT2D eigenvalue weighted by Crippen LogP contribution is 2.19. The predicted molar refractivity (Wildman–Crippen MR) is 60.6 cm³/mol. The zero-order valence-corrected chi connectivity index (χ0v) is 9.27. The normalized spacial score (nSPS) is 28.0. The number of amides is 1. The van der Waals surface area contributed by atoms with Gasteiger partial charge in [-0.2, -0.15) is 0 Å². The molecule has 0 unspecified atom stereocenters. The predicted octanol–water partition coefficient (Wildman–Crippen LogP) is 1.12. The number of hydrogen-bond donors (Lipinski definition) is 0. The van der Waals surface area contributed by atoms with Crippen molar-refractivity contribution in [1.82, 2.24) is 9.80 Å². The molecule has 0 bridgehead atoms. The fourth-order valence-corrected chi connectivity index (χ4v) is 2.44. The van der Waals surface area contributed by atoms with Crippen molar-refractivity contribution in [2.75, 3.05) is 32.7 Å². The summed E-state index contributed by atoms with van der Waals surface area (Å²) in [5.41, 5.74) is 0. The van der Waals surface area contributed by atoms with E-state index in [4.69, 9.17) is 0 Å². The summed E-state index contributed by atoms with van der Waals surface area (Å²) >= 11 is 0. The van der Waals surface area contributed by atoms with Gasteiger partial charge in [-0.25, -0.2) is 0 Å². The van der Waals surface area contributed by atoms with Gasteiger partial charge in [-0.1, -0.05) is 12.2 Å². The lowest BCUT2D eigenvalue weighted by molar-refractivity contribution is -0.119. The molecule has 1 aliphatic carbocycles. The molecule has 0 N–H and O–H groups in total. The summed E-state index contributed by atoms with van der Waals surface area (Å²) < 4.78 is 0. The Morgan fingerprint density at radius 1 is 1.20 bits per heavy atom. The van der Waals surface area contributed by atoms with E-state index >= 15 is 0 Å². The van der Waals surface area contributed by atoms with Crippen LogP contribution in [-0.2, 0) is 4.79 Å². The maximum Gasteiger partial charge on any atom is 0.209 e. The van der Waals surface area contributed by atoms with Gasteiger partial charge in [0.2, 0.25) is 6.41 Å². The molecule has 3 nitrogen and oxygen atoms in total. The molecule has 1 aliphatic heterocycles. The van der Waals surface area contributed by atoms with E-state index in [-0.39, 0.29) is 0 Å². The van der Waals surface area contributed by atoms with Crippen LogP contribution in [0.25, 0.3) is 0 Å². The lowest BCUT2D eigenvalue weighted by atomic mass is 9.94. The van der Waals surface area contributed by atoms with Crippen molar-refractivity contribution in [2.45, 2.75) is 19.3 Å². The Kier molecular flexibility index (Phi) is 3.78. The third-order valence-corrected chi connectivity index (χ3v) is 3.45. The molecule has 15 heavy (non-hydrogen) atoms. The average Bonchev–Trinajstić information content (AvgIpc) is 2.31. The summed E-state index contributed by atoms with van der Waals surface area (Å²) in [4.78, 5) is 14.9. The molecule has 0 saturated carbocycles. The smallest absolute Gasteiger partial charge is 0.209 e. The molecule has 2 rings (SSSR count). The molecule has 1 atom stereocenters. The number of rotatable bonds is 3.